The van der Waals surface area contributed by atoms with E-state index in [9.17, 15) is 9.59 Å². The number of halogens is 1. The Morgan fingerprint density at radius 1 is 1.11 bits per heavy atom. The van der Waals surface area contributed by atoms with E-state index < -0.39 is 11.7 Å². The quantitative estimate of drug-likeness (QED) is 0.656. The van der Waals surface area contributed by atoms with Gasteiger partial charge in [0.1, 0.15) is 11.3 Å². The maximum absolute atomic E-state index is 12.5. The first-order valence-electron chi connectivity index (χ1n) is 8.53. The van der Waals surface area contributed by atoms with E-state index in [-0.39, 0.29) is 5.91 Å². The zero-order valence-corrected chi connectivity index (χ0v) is 16.3. The maximum atomic E-state index is 12.5. The van der Waals surface area contributed by atoms with E-state index in [1.807, 2.05) is 26.8 Å². The summed E-state index contributed by atoms with van der Waals surface area (Å²) in [6, 6.07) is 10.3. The highest BCUT2D eigenvalue weighted by atomic mass is 35.5. The van der Waals surface area contributed by atoms with Crippen LogP contribution in [0.5, 0.6) is 5.75 Å². The molecule has 5 nitrogen and oxygen atoms in total. The van der Waals surface area contributed by atoms with Crippen molar-refractivity contribution in [2.24, 2.45) is 0 Å². The summed E-state index contributed by atoms with van der Waals surface area (Å²) >= 11 is 6.24. The van der Waals surface area contributed by atoms with Crippen LogP contribution in [0.15, 0.2) is 45.6 Å². The summed E-state index contributed by atoms with van der Waals surface area (Å²) in [5.74, 6) is 0.111. The summed E-state index contributed by atoms with van der Waals surface area (Å²) in [5, 5.41) is 4.11. The van der Waals surface area contributed by atoms with E-state index in [1.165, 1.54) is 6.07 Å². The topological polar surface area (TPSA) is 68.5 Å². The van der Waals surface area contributed by atoms with Crippen molar-refractivity contribution in [2.45, 2.75) is 33.8 Å². The van der Waals surface area contributed by atoms with Gasteiger partial charge in [-0.05, 0) is 62.6 Å². The molecule has 6 heteroatoms. The van der Waals surface area contributed by atoms with E-state index in [1.54, 1.807) is 31.2 Å². The van der Waals surface area contributed by atoms with Gasteiger partial charge in [0.15, 0.2) is 6.10 Å². The molecule has 2 aromatic carbocycles. The van der Waals surface area contributed by atoms with Crippen molar-refractivity contribution in [1.82, 2.24) is 0 Å². The molecule has 1 amide bonds. The number of aryl methyl sites for hydroxylation is 3. The van der Waals surface area contributed by atoms with Crippen LogP contribution in [0.2, 0.25) is 5.02 Å². The molecular weight excluding hydrogens is 366 g/mol. The van der Waals surface area contributed by atoms with Crippen LogP contribution in [0.1, 0.15) is 23.6 Å². The fourth-order valence-electron chi connectivity index (χ4n) is 2.94. The first-order valence-corrected chi connectivity index (χ1v) is 8.91. The van der Waals surface area contributed by atoms with Crippen LogP contribution in [0.4, 0.5) is 5.69 Å². The van der Waals surface area contributed by atoms with Crippen LogP contribution < -0.4 is 15.7 Å². The molecule has 1 N–H and O–H groups in total. The molecule has 0 aliphatic heterocycles. The number of amides is 1. The van der Waals surface area contributed by atoms with Gasteiger partial charge < -0.3 is 14.5 Å². The van der Waals surface area contributed by atoms with Gasteiger partial charge in [0.25, 0.3) is 5.91 Å². The van der Waals surface area contributed by atoms with E-state index in [0.29, 0.717) is 22.0 Å². The number of carbonyl (C=O) groups is 1. The molecule has 1 heterocycles. The van der Waals surface area contributed by atoms with Gasteiger partial charge in [-0.2, -0.15) is 0 Å². The summed E-state index contributed by atoms with van der Waals surface area (Å²) in [4.78, 5) is 24.1. The lowest BCUT2D eigenvalue weighted by atomic mass is 10.1. The van der Waals surface area contributed by atoms with Gasteiger partial charge >= 0.3 is 5.63 Å². The highest BCUT2D eigenvalue weighted by Crippen LogP contribution is 2.28. The fourth-order valence-corrected chi connectivity index (χ4v) is 3.30. The predicted octanol–water partition coefficient (Wildman–Crippen LogP) is 4.78. The van der Waals surface area contributed by atoms with Gasteiger partial charge in [-0.15, -0.1) is 0 Å². The molecule has 1 unspecified atom stereocenters. The molecule has 0 saturated heterocycles. The number of rotatable bonds is 4. The lowest BCUT2D eigenvalue weighted by Gasteiger charge is -2.17. The zero-order valence-electron chi connectivity index (χ0n) is 15.6. The number of fused-ring (bicyclic) bond motifs is 1. The first kappa shape index (κ1) is 19.0. The second-order valence-electron chi connectivity index (χ2n) is 6.59. The average molecular weight is 386 g/mol. The molecule has 0 bridgehead atoms. The van der Waals surface area contributed by atoms with Crippen molar-refractivity contribution < 1.29 is 13.9 Å². The Kier molecular flexibility index (Phi) is 5.24. The Bertz CT molecular complexity index is 1060. The third-order valence-electron chi connectivity index (χ3n) is 4.28. The summed E-state index contributed by atoms with van der Waals surface area (Å²) in [6.07, 6.45) is -0.768. The Hall–Kier alpha value is -2.79. The van der Waals surface area contributed by atoms with Gasteiger partial charge in [-0.3, -0.25) is 4.79 Å². The molecule has 0 saturated carbocycles. The molecule has 140 valence electrons. The number of nitrogens with one attached hydrogen (secondary N) is 1. The highest BCUT2D eigenvalue weighted by Gasteiger charge is 2.18. The second kappa shape index (κ2) is 7.45. The minimum Gasteiger partial charge on any atom is -0.481 e. The Morgan fingerprint density at radius 3 is 2.56 bits per heavy atom. The number of ether oxygens (including phenoxy) is 1. The lowest BCUT2D eigenvalue weighted by molar-refractivity contribution is -0.122. The van der Waals surface area contributed by atoms with Crippen LogP contribution >= 0.6 is 11.6 Å². The van der Waals surface area contributed by atoms with Crippen molar-refractivity contribution >= 4 is 34.2 Å². The number of benzene rings is 2. The van der Waals surface area contributed by atoms with E-state index in [0.717, 1.165) is 22.1 Å². The smallest absolute Gasteiger partial charge is 0.336 e. The molecule has 1 aromatic heterocycles. The monoisotopic (exact) mass is 385 g/mol. The minimum atomic E-state index is -0.768. The van der Waals surface area contributed by atoms with E-state index >= 15 is 0 Å². The molecule has 0 radical (unpaired) electrons. The minimum absolute atomic E-state index is 0.324. The first-order chi connectivity index (χ1) is 12.7. The maximum Gasteiger partial charge on any atom is 0.336 e. The van der Waals surface area contributed by atoms with Crippen molar-refractivity contribution in [2.75, 3.05) is 5.32 Å². The number of carbonyl (C=O) groups excluding carboxylic acids is 1. The van der Waals surface area contributed by atoms with Gasteiger partial charge in [-0.25, -0.2) is 4.79 Å². The van der Waals surface area contributed by atoms with Crippen LogP contribution in [0, 0.1) is 20.8 Å². The highest BCUT2D eigenvalue weighted by molar-refractivity contribution is 6.34. The summed E-state index contributed by atoms with van der Waals surface area (Å²) in [7, 11) is 0. The third-order valence-corrected chi connectivity index (χ3v) is 4.58. The standard InChI is InChI=1S/C21H20ClNO4/c1-11-7-13(3)20(17(22)8-11)23-21(25)14(4)26-15-5-6-16-12(2)9-19(24)27-18(16)10-15/h5-10,14H,1-4H3,(H,23,25). The molecule has 27 heavy (non-hydrogen) atoms. The molecule has 0 aliphatic rings. The molecular formula is C21H20ClNO4. The van der Waals surface area contributed by atoms with Gasteiger partial charge in [0, 0.05) is 17.5 Å². The molecule has 3 aromatic rings. The van der Waals surface area contributed by atoms with Crippen LogP contribution in [-0.4, -0.2) is 12.0 Å². The van der Waals surface area contributed by atoms with Crippen molar-refractivity contribution in [3.8, 4) is 5.75 Å². The van der Waals surface area contributed by atoms with Crippen molar-refractivity contribution in [3.05, 3.63) is 68.5 Å². The zero-order chi connectivity index (χ0) is 19.7. The van der Waals surface area contributed by atoms with Crippen molar-refractivity contribution in [3.63, 3.8) is 0 Å². The number of anilines is 1. The largest absolute Gasteiger partial charge is 0.481 e. The van der Waals surface area contributed by atoms with Crippen LogP contribution in [0.3, 0.4) is 0 Å². The Morgan fingerprint density at radius 2 is 1.85 bits per heavy atom. The summed E-state index contributed by atoms with van der Waals surface area (Å²) in [5.41, 5.74) is 3.29. The summed E-state index contributed by atoms with van der Waals surface area (Å²) < 4.78 is 10.9. The van der Waals surface area contributed by atoms with E-state index in [2.05, 4.69) is 5.32 Å². The van der Waals surface area contributed by atoms with Gasteiger partial charge in [-0.1, -0.05) is 17.7 Å². The van der Waals surface area contributed by atoms with Crippen molar-refractivity contribution in [1.29, 1.82) is 0 Å². The molecule has 0 aliphatic carbocycles. The second-order valence-corrected chi connectivity index (χ2v) is 7.00. The fraction of sp³-hybridized carbons (Fsp3) is 0.238. The Labute approximate surface area is 161 Å². The van der Waals surface area contributed by atoms with Crippen LogP contribution in [0.25, 0.3) is 11.0 Å². The SMILES string of the molecule is Cc1cc(C)c(NC(=O)C(C)Oc2ccc3c(C)cc(=O)oc3c2)c(Cl)c1. The normalized spacial score (nSPS) is 12.0. The van der Waals surface area contributed by atoms with Gasteiger partial charge in [0.2, 0.25) is 0 Å². The molecule has 0 spiro atoms. The molecule has 0 fully saturated rings. The molecule has 3 rings (SSSR count). The molecule has 1 atom stereocenters. The Balaban J connectivity index is 1.79. The lowest BCUT2D eigenvalue weighted by Crippen LogP contribution is -2.30. The van der Waals surface area contributed by atoms with Gasteiger partial charge in [0.05, 0.1) is 10.7 Å². The number of hydrogen-bond donors (Lipinski definition) is 1. The van der Waals surface area contributed by atoms with E-state index in [4.69, 9.17) is 20.8 Å². The average Bonchev–Trinajstić information content (AvgIpc) is 2.57. The summed E-state index contributed by atoms with van der Waals surface area (Å²) in [6.45, 7) is 7.30. The predicted molar refractivity (Wildman–Crippen MR) is 107 cm³/mol. The third kappa shape index (κ3) is 4.14. The number of hydrogen-bond acceptors (Lipinski definition) is 4. The van der Waals surface area contributed by atoms with Crippen LogP contribution in [-0.2, 0) is 4.79 Å².